The summed E-state index contributed by atoms with van der Waals surface area (Å²) in [5.41, 5.74) is 12.8. The molecule has 0 N–H and O–H groups in total. The molecule has 444 valence electrons. The maximum absolute atomic E-state index is 5.28. The summed E-state index contributed by atoms with van der Waals surface area (Å²) in [6, 6.07) is 2.06. The predicted octanol–water partition coefficient (Wildman–Crippen LogP) is 17.7. The van der Waals surface area contributed by atoms with Crippen LogP contribution in [0.4, 0.5) is 0 Å². The quantitative estimate of drug-likeness (QED) is 0.157. The van der Waals surface area contributed by atoms with Gasteiger partial charge in [-0.1, -0.05) is 157 Å². The number of nitrogens with zero attached hydrogens (tertiary/aromatic N) is 8. The lowest BCUT2D eigenvalue weighted by molar-refractivity contribution is -0.0821. The van der Waals surface area contributed by atoms with E-state index < -0.39 is 0 Å². The van der Waals surface area contributed by atoms with Gasteiger partial charge >= 0.3 is 0 Å². The van der Waals surface area contributed by atoms with E-state index >= 15 is 0 Å². The molecule has 0 saturated carbocycles. The van der Waals surface area contributed by atoms with Crippen LogP contribution >= 0.6 is 22.7 Å². The summed E-state index contributed by atoms with van der Waals surface area (Å²) < 4.78 is 24.5. The molecule has 0 spiro atoms. The van der Waals surface area contributed by atoms with Crippen molar-refractivity contribution in [2.24, 2.45) is 29.7 Å². The standard InChI is InChI=1S/C9H15NS.2C8H14N2.2C8H13NO.C8H13NS.C8H16O.C7H14O/c1-5-7-8(9(2,3)4)11-6-10-7;1-8(2,3)7-5-6-9-10(7)4;1-7-9-5-6-10(7)8(2,3)4;1-6-7(8(2,3)4)10-5-9-6;1-6-7(5-10-9-6)8(2,3)4;1-6-7(8(2,3)4)10-5-9-6;1-8(2,3)7-4-5-9-6-7;1-7(2,3)6-4-8-5-6/h6H,5H2,1-4H3;2*5-6H,1-4H3;3*5H,1-4H3;7H,4-6H2,1-3H3;6H,4-5H2,1-3H3. The molecule has 8 rings (SSSR count). The highest BCUT2D eigenvalue weighted by atomic mass is 32.1. The van der Waals surface area contributed by atoms with Crippen LogP contribution in [0.3, 0.4) is 0 Å². The molecular weight excluding hydrogens is 1010 g/mol. The molecular formula is C64H112N8O4S2. The van der Waals surface area contributed by atoms with Gasteiger partial charge < -0.3 is 23.0 Å². The predicted molar refractivity (Wildman–Crippen MR) is 332 cm³/mol. The van der Waals surface area contributed by atoms with Crippen LogP contribution in [-0.2, 0) is 55.6 Å². The number of rotatable bonds is 1. The van der Waals surface area contributed by atoms with Gasteiger partial charge in [-0.05, 0) is 100 Å². The second-order valence-electron chi connectivity index (χ2n) is 29.0. The van der Waals surface area contributed by atoms with E-state index in [0.29, 0.717) is 10.8 Å². The number of aryl methyl sites for hydroxylation is 6. The van der Waals surface area contributed by atoms with Gasteiger partial charge in [0.25, 0.3) is 0 Å². The molecule has 0 aliphatic carbocycles. The Hall–Kier alpha value is -3.98. The van der Waals surface area contributed by atoms with Crippen molar-refractivity contribution < 1.29 is 18.4 Å². The molecule has 2 fully saturated rings. The molecule has 2 saturated heterocycles. The molecule has 6 aromatic heterocycles. The first-order chi connectivity index (χ1) is 35.3. The molecule has 1 atom stereocenters. The van der Waals surface area contributed by atoms with E-state index in [1.807, 2.05) is 62.1 Å². The van der Waals surface area contributed by atoms with Crippen molar-refractivity contribution in [3.8, 4) is 0 Å². The minimum atomic E-state index is 0.0839. The summed E-state index contributed by atoms with van der Waals surface area (Å²) in [5, 5.41) is 7.91. The molecule has 0 aromatic carbocycles. The number of thiazole rings is 2. The van der Waals surface area contributed by atoms with Gasteiger partial charge in [0.2, 0.25) is 0 Å². The number of imidazole rings is 1. The van der Waals surface area contributed by atoms with Gasteiger partial charge in [0.15, 0.2) is 6.39 Å². The molecule has 6 aromatic rings. The lowest BCUT2D eigenvalue weighted by atomic mass is 9.80. The maximum Gasteiger partial charge on any atom is 0.181 e. The molecule has 2 aliphatic rings. The zero-order chi connectivity index (χ0) is 60.5. The lowest BCUT2D eigenvalue weighted by Gasteiger charge is -2.37. The topological polar surface area (TPSA) is 132 Å². The van der Waals surface area contributed by atoms with Gasteiger partial charge in [-0.3, -0.25) is 4.68 Å². The van der Waals surface area contributed by atoms with Crippen LogP contribution in [0.25, 0.3) is 0 Å². The third-order valence-electron chi connectivity index (χ3n) is 13.2. The van der Waals surface area contributed by atoms with Gasteiger partial charge in [0.05, 0.1) is 47.0 Å². The van der Waals surface area contributed by atoms with E-state index in [0.717, 1.165) is 67.7 Å². The van der Waals surface area contributed by atoms with Crippen molar-refractivity contribution in [3.05, 3.63) is 104 Å². The van der Waals surface area contributed by atoms with Gasteiger partial charge in [-0.15, -0.1) is 22.7 Å². The van der Waals surface area contributed by atoms with Crippen LogP contribution < -0.4 is 0 Å². The molecule has 0 radical (unpaired) electrons. The third kappa shape index (κ3) is 25.6. The second-order valence-corrected chi connectivity index (χ2v) is 30.7. The average Bonchev–Trinajstić information content (AvgIpc) is 4.09. The highest BCUT2D eigenvalue weighted by Gasteiger charge is 2.31. The Morgan fingerprint density at radius 2 is 1.12 bits per heavy atom. The third-order valence-corrected chi connectivity index (χ3v) is 15.9. The molecule has 1 unspecified atom stereocenters. The summed E-state index contributed by atoms with van der Waals surface area (Å²) in [5.74, 6) is 3.65. The summed E-state index contributed by atoms with van der Waals surface area (Å²) in [6.07, 6.45) is 11.2. The van der Waals surface area contributed by atoms with Crippen molar-refractivity contribution in [3.63, 3.8) is 0 Å². The summed E-state index contributed by atoms with van der Waals surface area (Å²) in [7, 11) is 1.97. The maximum atomic E-state index is 5.28. The van der Waals surface area contributed by atoms with Gasteiger partial charge in [0.1, 0.15) is 17.8 Å². The molecule has 14 heteroatoms. The molecule has 78 heavy (non-hydrogen) atoms. The Bertz CT molecular complexity index is 2250. The van der Waals surface area contributed by atoms with Gasteiger partial charge in [0, 0.05) is 82.2 Å². The Morgan fingerprint density at radius 1 is 0.577 bits per heavy atom. The zero-order valence-electron chi connectivity index (χ0n) is 55.0. The van der Waals surface area contributed by atoms with Crippen molar-refractivity contribution >= 4 is 22.7 Å². The summed E-state index contributed by atoms with van der Waals surface area (Å²) in [6.45, 7) is 66.9. The Kier molecular flexibility index (Phi) is 27.9. The van der Waals surface area contributed by atoms with E-state index in [-0.39, 0.29) is 32.6 Å². The fourth-order valence-electron chi connectivity index (χ4n) is 8.34. The number of aromatic nitrogens is 8. The van der Waals surface area contributed by atoms with Crippen LogP contribution in [0.15, 0.2) is 57.3 Å². The highest BCUT2D eigenvalue weighted by molar-refractivity contribution is 7.10. The van der Waals surface area contributed by atoms with E-state index in [2.05, 4.69) is 221 Å². The largest absolute Gasteiger partial charge is 0.448 e. The first-order valence-electron chi connectivity index (χ1n) is 28.1. The molecule has 0 amide bonds. The number of hydrogen-bond donors (Lipinski definition) is 0. The minimum Gasteiger partial charge on any atom is -0.448 e. The zero-order valence-corrected chi connectivity index (χ0v) is 56.7. The highest BCUT2D eigenvalue weighted by Crippen LogP contribution is 2.34. The fraction of sp³-hybridized carbons (Fsp3) is 0.719. The van der Waals surface area contributed by atoms with Crippen LogP contribution in [0.1, 0.15) is 235 Å². The van der Waals surface area contributed by atoms with Crippen molar-refractivity contribution in [2.75, 3.05) is 26.4 Å². The van der Waals surface area contributed by atoms with E-state index in [1.165, 1.54) is 45.2 Å². The summed E-state index contributed by atoms with van der Waals surface area (Å²) >= 11 is 3.52. The Balaban J connectivity index is 0.000000446. The summed E-state index contributed by atoms with van der Waals surface area (Å²) in [4.78, 5) is 19.5. The van der Waals surface area contributed by atoms with Crippen LogP contribution in [0, 0.1) is 50.4 Å². The lowest BCUT2D eigenvalue weighted by Crippen LogP contribution is -2.37. The molecule has 8 heterocycles. The Labute approximate surface area is 484 Å². The molecule has 12 nitrogen and oxygen atoms in total. The SMILES string of the molecule is CC(C)(C)C1CCOC1.CC(C)(C)C1COC1.CCc1ncsc1C(C)(C)C.Cc1nccn1C(C)(C)C.Cc1ncoc1C(C)(C)C.Cc1ncsc1C(C)(C)C.Cc1nocc1C(C)(C)C.Cn1nccc1C(C)(C)C. The van der Waals surface area contributed by atoms with Crippen LogP contribution in [0.5, 0.6) is 0 Å². The fourth-order valence-corrected chi connectivity index (χ4v) is 10.2. The van der Waals surface area contributed by atoms with E-state index in [4.69, 9.17) is 18.4 Å². The Morgan fingerprint density at radius 3 is 1.32 bits per heavy atom. The van der Waals surface area contributed by atoms with Crippen molar-refractivity contribution in [2.45, 2.75) is 246 Å². The normalized spacial score (nSPS) is 15.1. The van der Waals surface area contributed by atoms with Crippen LogP contribution in [0.2, 0.25) is 0 Å². The molecule has 0 bridgehead atoms. The number of oxazole rings is 1. The van der Waals surface area contributed by atoms with Gasteiger partial charge in [-0.2, -0.15) is 5.10 Å². The molecule has 2 aliphatic heterocycles. The van der Waals surface area contributed by atoms with Crippen molar-refractivity contribution in [1.29, 1.82) is 0 Å². The first kappa shape index (κ1) is 72.0. The van der Waals surface area contributed by atoms with E-state index in [1.54, 1.807) is 28.9 Å². The van der Waals surface area contributed by atoms with Crippen molar-refractivity contribution in [1.82, 2.24) is 39.4 Å². The smallest absolute Gasteiger partial charge is 0.181 e. The first-order valence-corrected chi connectivity index (χ1v) is 29.9. The monoisotopic (exact) mass is 1120 g/mol. The number of ether oxygens (including phenoxy) is 2. The second kappa shape index (κ2) is 30.2. The van der Waals surface area contributed by atoms with Crippen LogP contribution in [-0.4, -0.2) is 65.9 Å². The average molecular weight is 1120 g/mol. The van der Waals surface area contributed by atoms with Gasteiger partial charge in [-0.25, -0.2) is 19.9 Å². The minimum absolute atomic E-state index is 0.0839. The van der Waals surface area contributed by atoms with E-state index in [9.17, 15) is 0 Å². The number of hydrogen-bond acceptors (Lipinski definition) is 12.